The molecule has 0 radical (unpaired) electrons. The Morgan fingerprint density at radius 1 is 1.00 bits per heavy atom. The predicted molar refractivity (Wildman–Crippen MR) is 88.1 cm³/mol. The summed E-state index contributed by atoms with van der Waals surface area (Å²) in [6.07, 6.45) is 1.11. The minimum absolute atomic E-state index is 0.852. The minimum Gasteiger partial charge on any atom is -0.397 e. The van der Waals surface area contributed by atoms with Gasteiger partial charge in [0, 0.05) is 13.1 Å². The van der Waals surface area contributed by atoms with Crippen LogP contribution in [0.4, 0.5) is 11.4 Å². The van der Waals surface area contributed by atoms with E-state index in [0.29, 0.717) is 0 Å². The highest BCUT2D eigenvalue weighted by Crippen LogP contribution is 2.25. The molecule has 2 rings (SSSR count). The Balaban J connectivity index is 2.28. The zero-order valence-corrected chi connectivity index (χ0v) is 12.7. The molecule has 2 aromatic rings. The predicted octanol–water partition coefficient (Wildman–Crippen LogP) is 4.30. The van der Waals surface area contributed by atoms with Crippen molar-refractivity contribution in [1.82, 2.24) is 0 Å². The Labute approximate surface area is 122 Å². The van der Waals surface area contributed by atoms with Gasteiger partial charge in [-0.05, 0) is 38.0 Å². The molecule has 0 atom stereocenters. The fourth-order valence-corrected chi connectivity index (χ4v) is 2.71. The molecule has 0 spiro atoms. The quantitative estimate of drug-likeness (QED) is 0.819. The second-order valence-electron chi connectivity index (χ2n) is 5.48. The first-order valence-corrected chi connectivity index (χ1v) is 7.26. The molecule has 20 heavy (non-hydrogen) atoms. The van der Waals surface area contributed by atoms with Crippen molar-refractivity contribution in [2.24, 2.45) is 0 Å². The van der Waals surface area contributed by atoms with Crippen LogP contribution in [0.5, 0.6) is 0 Å². The molecule has 2 heteroatoms. The largest absolute Gasteiger partial charge is 0.397 e. The highest BCUT2D eigenvalue weighted by atomic mass is 15.1. The van der Waals surface area contributed by atoms with E-state index >= 15 is 0 Å². The second kappa shape index (κ2) is 6.47. The van der Waals surface area contributed by atoms with Gasteiger partial charge in [-0.2, -0.15) is 0 Å². The van der Waals surface area contributed by atoms with E-state index in [1.54, 1.807) is 0 Å². The number of benzene rings is 2. The van der Waals surface area contributed by atoms with Gasteiger partial charge < -0.3 is 10.6 Å². The number of nitrogens with two attached hydrogens (primary N) is 1. The average molecular weight is 268 g/mol. The zero-order valence-electron chi connectivity index (χ0n) is 12.7. The maximum Gasteiger partial charge on any atom is 0.0602 e. The molecule has 0 fully saturated rings. The molecule has 0 amide bonds. The van der Waals surface area contributed by atoms with Crippen LogP contribution in [0.3, 0.4) is 0 Å². The monoisotopic (exact) mass is 268 g/mol. The number of rotatable bonds is 5. The first-order valence-electron chi connectivity index (χ1n) is 7.26. The van der Waals surface area contributed by atoms with Crippen LogP contribution in [0.2, 0.25) is 0 Å². The molecular formula is C18H24N2. The number of nitrogens with zero attached hydrogens (tertiary/aromatic N) is 1. The Hall–Kier alpha value is -1.96. The van der Waals surface area contributed by atoms with Gasteiger partial charge in [0.25, 0.3) is 0 Å². The summed E-state index contributed by atoms with van der Waals surface area (Å²) in [5.74, 6) is 0. The number of aryl methyl sites for hydroxylation is 2. The summed E-state index contributed by atoms with van der Waals surface area (Å²) in [5.41, 5.74) is 12.1. The van der Waals surface area contributed by atoms with Crippen LogP contribution < -0.4 is 10.6 Å². The first kappa shape index (κ1) is 14.4. The number of para-hydroxylation sites is 2. The highest BCUT2D eigenvalue weighted by Gasteiger charge is 2.09. The summed E-state index contributed by atoms with van der Waals surface area (Å²) in [6.45, 7) is 8.43. The van der Waals surface area contributed by atoms with Crippen molar-refractivity contribution in [3.63, 3.8) is 0 Å². The maximum atomic E-state index is 6.12. The van der Waals surface area contributed by atoms with E-state index in [-0.39, 0.29) is 0 Å². The van der Waals surface area contributed by atoms with E-state index < -0.39 is 0 Å². The lowest BCUT2D eigenvalue weighted by atomic mass is 10.1. The van der Waals surface area contributed by atoms with Crippen molar-refractivity contribution < 1.29 is 0 Å². The summed E-state index contributed by atoms with van der Waals surface area (Å²) < 4.78 is 0. The Kier molecular flexibility index (Phi) is 4.67. The molecule has 0 aliphatic carbocycles. The van der Waals surface area contributed by atoms with Gasteiger partial charge in [0.2, 0.25) is 0 Å². The van der Waals surface area contributed by atoms with Gasteiger partial charge in [-0.25, -0.2) is 0 Å². The molecule has 0 saturated carbocycles. The van der Waals surface area contributed by atoms with Crippen LogP contribution in [0.25, 0.3) is 0 Å². The Morgan fingerprint density at radius 3 is 2.25 bits per heavy atom. The van der Waals surface area contributed by atoms with Crippen molar-refractivity contribution in [2.75, 3.05) is 17.2 Å². The molecule has 2 nitrogen and oxygen atoms in total. The van der Waals surface area contributed by atoms with Crippen molar-refractivity contribution in [3.8, 4) is 0 Å². The molecule has 2 N–H and O–H groups in total. The lowest BCUT2D eigenvalue weighted by Gasteiger charge is -2.26. The molecule has 0 bridgehead atoms. The van der Waals surface area contributed by atoms with E-state index in [2.05, 4.69) is 56.0 Å². The molecule has 0 aliphatic rings. The topological polar surface area (TPSA) is 29.3 Å². The Morgan fingerprint density at radius 2 is 1.65 bits per heavy atom. The summed E-state index contributed by atoms with van der Waals surface area (Å²) in [4.78, 5) is 2.36. The molecule has 0 unspecified atom stereocenters. The summed E-state index contributed by atoms with van der Waals surface area (Å²) in [7, 11) is 0. The molecule has 0 saturated heterocycles. The standard InChI is InChI=1S/C18H24N2/c1-4-9-20(18-8-6-5-7-17(18)19)13-16-11-14(2)10-15(3)12-16/h5-8,10-12H,4,9,13,19H2,1-3H3. The third-order valence-corrected chi connectivity index (χ3v) is 3.43. The zero-order chi connectivity index (χ0) is 14.5. The molecule has 106 valence electrons. The van der Waals surface area contributed by atoms with Crippen LogP contribution in [0, 0.1) is 13.8 Å². The number of hydrogen-bond acceptors (Lipinski definition) is 2. The van der Waals surface area contributed by atoms with Crippen molar-refractivity contribution in [1.29, 1.82) is 0 Å². The van der Waals surface area contributed by atoms with Crippen LogP contribution in [-0.2, 0) is 6.54 Å². The fraction of sp³-hybridized carbons (Fsp3) is 0.333. The lowest BCUT2D eigenvalue weighted by Crippen LogP contribution is -2.24. The molecular weight excluding hydrogens is 244 g/mol. The van der Waals surface area contributed by atoms with Crippen LogP contribution in [0.15, 0.2) is 42.5 Å². The van der Waals surface area contributed by atoms with Crippen LogP contribution >= 0.6 is 0 Å². The Bertz CT molecular complexity index is 555. The fourth-order valence-electron chi connectivity index (χ4n) is 2.71. The van der Waals surface area contributed by atoms with Gasteiger partial charge >= 0.3 is 0 Å². The van der Waals surface area contributed by atoms with Crippen molar-refractivity contribution >= 4 is 11.4 Å². The van der Waals surface area contributed by atoms with Gasteiger partial charge in [0.15, 0.2) is 0 Å². The smallest absolute Gasteiger partial charge is 0.0602 e. The van der Waals surface area contributed by atoms with Gasteiger partial charge in [-0.1, -0.05) is 48.4 Å². The van der Waals surface area contributed by atoms with E-state index in [4.69, 9.17) is 5.73 Å². The molecule has 2 aromatic carbocycles. The highest BCUT2D eigenvalue weighted by molar-refractivity contribution is 5.67. The minimum atomic E-state index is 0.852. The number of anilines is 2. The van der Waals surface area contributed by atoms with Crippen LogP contribution in [0.1, 0.15) is 30.0 Å². The first-order chi connectivity index (χ1) is 9.60. The van der Waals surface area contributed by atoms with E-state index in [1.165, 1.54) is 16.7 Å². The van der Waals surface area contributed by atoms with Gasteiger partial charge in [0.05, 0.1) is 11.4 Å². The SMILES string of the molecule is CCCN(Cc1cc(C)cc(C)c1)c1ccccc1N. The maximum absolute atomic E-state index is 6.12. The summed E-state index contributed by atoms with van der Waals surface area (Å²) in [5, 5.41) is 0. The van der Waals surface area contributed by atoms with Crippen molar-refractivity contribution in [3.05, 3.63) is 59.2 Å². The van der Waals surface area contributed by atoms with E-state index in [9.17, 15) is 0 Å². The lowest BCUT2D eigenvalue weighted by molar-refractivity contribution is 0.767. The molecule has 0 aliphatic heterocycles. The third-order valence-electron chi connectivity index (χ3n) is 3.43. The van der Waals surface area contributed by atoms with Gasteiger partial charge in [-0.15, -0.1) is 0 Å². The summed E-state index contributed by atoms with van der Waals surface area (Å²) in [6, 6.07) is 14.8. The normalized spacial score (nSPS) is 10.6. The average Bonchev–Trinajstić information content (AvgIpc) is 2.37. The third kappa shape index (κ3) is 3.53. The van der Waals surface area contributed by atoms with E-state index in [0.717, 1.165) is 30.9 Å². The molecule has 0 heterocycles. The number of hydrogen-bond donors (Lipinski definition) is 1. The second-order valence-corrected chi connectivity index (χ2v) is 5.48. The number of nitrogen functional groups attached to an aromatic ring is 1. The molecule has 0 aromatic heterocycles. The van der Waals surface area contributed by atoms with Gasteiger partial charge in [-0.3, -0.25) is 0 Å². The van der Waals surface area contributed by atoms with E-state index in [1.807, 2.05) is 12.1 Å². The van der Waals surface area contributed by atoms with Gasteiger partial charge in [0.1, 0.15) is 0 Å². The van der Waals surface area contributed by atoms with Crippen LogP contribution in [-0.4, -0.2) is 6.54 Å². The van der Waals surface area contributed by atoms with Crippen molar-refractivity contribution in [2.45, 2.75) is 33.7 Å². The summed E-state index contributed by atoms with van der Waals surface area (Å²) >= 11 is 0.